The molecule has 7 rings (SSSR count). The third kappa shape index (κ3) is 6.87. The van der Waals surface area contributed by atoms with Crippen molar-refractivity contribution in [3.8, 4) is 11.3 Å². The minimum Gasteiger partial charge on any atom is -0.361 e. The van der Waals surface area contributed by atoms with Crippen molar-refractivity contribution in [2.45, 2.75) is 19.0 Å². The molecule has 250 valence electrons. The summed E-state index contributed by atoms with van der Waals surface area (Å²) >= 11 is 12.8. The zero-order valence-electron chi connectivity index (χ0n) is 28.0. The van der Waals surface area contributed by atoms with Crippen LogP contribution in [-0.2, 0) is 0 Å². The Morgan fingerprint density at radius 3 is 2.00 bits per heavy atom. The van der Waals surface area contributed by atoms with Crippen LogP contribution in [0.3, 0.4) is 0 Å². The molecule has 0 radical (unpaired) electrons. The first-order valence-corrected chi connectivity index (χ1v) is 16.8. The maximum Gasteiger partial charge on any atom is 0.129 e. The number of rotatable bonds is 7. The Morgan fingerprint density at radius 1 is 0.633 bits per heavy atom. The van der Waals surface area contributed by atoms with E-state index in [9.17, 15) is 8.78 Å². The molecule has 0 saturated carbocycles. The highest BCUT2D eigenvalue weighted by Gasteiger charge is 2.29. The molecule has 2 N–H and O–H groups in total. The van der Waals surface area contributed by atoms with Crippen LogP contribution in [0.5, 0.6) is 0 Å². The van der Waals surface area contributed by atoms with Crippen molar-refractivity contribution in [1.82, 2.24) is 19.8 Å². The predicted molar refractivity (Wildman–Crippen MR) is 201 cm³/mol. The molecule has 0 bridgehead atoms. The lowest BCUT2D eigenvalue weighted by atomic mass is 9.92. The Bertz CT molecular complexity index is 2200. The lowest BCUT2D eigenvalue weighted by molar-refractivity contribution is 0.336. The number of fused-ring (bicyclic) bond motifs is 2. The number of halogens is 4. The Labute approximate surface area is 295 Å². The number of aromatic nitrogens is 2. The van der Waals surface area contributed by atoms with Gasteiger partial charge >= 0.3 is 0 Å². The summed E-state index contributed by atoms with van der Waals surface area (Å²) in [4.78, 5) is 11.0. The summed E-state index contributed by atoms with van der Waals surface area (Å²) in [6, 6.07) is 33.5. The van der Waals surface area contributed by atoms with Crippen molar-refractivity contribution < 1.29 is 8.78 Å². The van der Waals surface area contributed by atoms with E-state index in [1.807, 2.05) is 81.8 Å². The average molecular weight is 696 g/mol. The van der Waals surface area contributed by atoms with Crippen molar-refractivity contribution in [3.05, 3.63) is 165 Å². The van der Waals surface area contributed by atoms with Crippen molar-refractivity contribution >= 4 is 45.0 Å². The first-order chi connectivity index (χ1) is 23.6. The zero-order chi connectivity index (χ0) is 34.8. The highest BCUT2D eigenvalue weighted by atomic mass is 35.5. The second kappa shape index (κ2) is 14.6. The first-order valence-electron chi connectivity index (χ1n) is 16.0. The summed E-state index contributed by atoms with van der Waals surface area (Å²) in [5, 5.41) is 3.13. The van der Waals surface area contributed by atoms with Crippen molar-refractivity contribution in [1.29, 1.82) is 0 Å². The van der Waals surface area contributed by atoms with E-state index in [1.54, 1.807) is 18.2 Å². The third-order valence-corrected chi connectivity index (χ3v) is 9.54. The number of nitrogens with one attached hydrogen (secondary N) is 2. The van der Waals surface area contributed by atoms with Gasteiger partial charge in [-0.05, 0) is 93.8 Å². The number of benzene rings is 5. The van der Waals surface area contributed by atoms with E-state index in [0.717, 1.165) is 44.4 Å². The van der Waals surface area contributed by atoms with Gasteiger partial charge in [0.15, 0.2) is 0 Å². The molecule has 0 aliphatic rings. The van der Waals surface area contributed by atoms with Gasteiger partial charge in [-0.15, -0.1) is 0 Å². The fourth-order valence-corrected chi connectivity index (χ4v) is 7.31. The molecule has 7 aromatic rings. The van der Waals surface area contributed by atoms with Crippen LogP contribution in [0, 0.1) is 18.6 Å². The number of H-pyrrole nitrogens is 2. The molecule has 0 aliphatic carbocycles. The predicted octanol–water partition coefficient (Wildman–Crippen LogP) is 11.2. The summed E-state index contributed by atoms with van der Waals surface area (Å²) in [5.41, 5.74) is 8.92. The van der Waals surface area contributed by atoms with Crippen LogP contribution < -0.4 is 0 Å². The summed E-state index contributed by atoms with van der Waals surface area (Å²) in [6.45, 7) is 2.10. The average Bonchev–Trinajstić information content (AvgIpc) is 3.67. The normalized spacial score (nSPS) is 12.8. The van der Waals surface area contributed by atoms with Gasteiger partial charge in [-0.2, -0.15) is 0 Å². The minimum atomic E-state index is -0.329. The van der Waals surface area contributed by atoms with Gasteiger partial charge in [0.25, 0.3) is 0 Å². The van der Waals surface area contributed by atoms with E-state index < -0.39 is 0 Å². The number of aromatic amines is 2. The van der Waals surface area contributed by atoms with E-state index in [-0.39, 0.29) is 23.7 Å². The van der Waals surface area contributed by atoms with Crippen molar-refractivity contribution in [3.63, 3.8) is 0 Å². The highest BCUT2D eigenvalue weighted by molar-refractivity contribution is 6.31. The van der Waals surface area contributed by atoms with Crippen LogP contribution in [0.1, 0.15) is 39.9 Å². The van der Waals surface area contributed by atoms with Gasteiger partial charge in [-0.1, -0.05) is 96.0 Å². The molecule has 8 heteroatoms. The van der Waals surface area contributed by atoms with Crippen molar-refractivity contribution in [2.75, 3.05) is 28.2 Å². The molecule has 0 aliphatic heterocycles. The quantitative estimate of drug-likeness (QED) is 0.174. The molecule has 2 unspecified atom stereocenters. The van der Waals surface area contributed by atoms with Gasteiger partial charge in [-0.25, -0.2) is 8.78 Å². The lowest BCUT2D eigenvalue weighted by Gasteiger charge is -2.27. The monoisotopic (exact) mass is 694 g/mol. The van der Waals surface area contributed by atoms with E-state index in [2.05, 4.69) is 52.1 Å². The molecule has 2 atom stereocenters. The molecule has 4 nitrogen and oxygen atoms in total. The van der Waals surface area contributed by atoms with Gasteiger partial charge in [0.05, 0.1) is 17.8 Å². The third-order valence-electron chi connectivity index (χ3n) is 8.88. The van der Waals surface area contributed by atoms with E-state index in [0.29, 0.717) is 15.6 Å². The number of hydrogen-bond donors (Lipinski definition) is 2. The molecule has 0 spiro atoms. The van der Waals surface area contributed by atoms with Gasteiger partial charge in [0, 0.05) is 49.2 Å². The summed E-state index contributed by atoms with van der Waals surface area (Å²) in [6.07, 6.45) is 2.02. The van der Waals surface area contributed by atoms with Crippen LogP contribution in [0.4, 0.5) is 8.78 Å². The Kier molecular flexibility index (Phi) is 10.2. The van der Waals surface area contributed by atoms with E-state index in [4.69, 9.17) is 23.2 Å². The zero-order valence-corrected chi connectivity index (χ0v) is 29.5. The Hall–Kier alpha value is -4.46. The Balaban J connectivity index is 0.000000174. The molecular weight excluding hydrogens is 657 g/mol. The number of para-hydroxylation sites is 1. The Morgan fingerprint density at radius 2 is 1.31 bits per heavy atom. The van der Waals surface area contributed by atoms with Crippen LogP contribution in [-0.4, -0.2) is 48.0 Å². The molecule has 2 heterocycles. The van der Waals surface area contributed by atoms with Gasteiger partial charge in [0.2, 0.25) is 0 Å². The smallest absolute Gasteiger partial charge is 0.129 e. The lowest BCUT2D eigenvalue weighted by Crippen LogP contribution is -2.23. The maximum absolute atomic E-state index is 14.9. The largest absolute Gasteiger partial charge is 0.361 e. The van der Waals surface area contributed by atoms with Crippen LogP contribution >= 0.6 is 23.2 Å². The molecule has 5 aromatic carbocycles. The molecule has 0 fully saturated rings. The van der Waals surface area contributed by atoms with E-state index >= 15 is 0 Å². The highest BCUT2D eigenvalue weighted by Crippen LogP contribution is 2.42. The van der Waals surface area contributed by atoms with E-state index in [1.165, 1.54) is 29.1 Å². The van der Waals surface area contributed by atoms with Crippen LogP contribution in [0.15, 0.2) is 115 Å². The van der Waals surface area contributed by atoms with Gasteiger partial charge < -0.3 is 9.97 Å². The second-order valence-corrected chi connectivity index (χ2v) is 13.4. The van der Waals surface area contributed by atoms with Crippen molar-refractivity contribution in [2.24, 2.45) is 0 Å². The molecule has 49 heavy (non-hydrogen) atoms. The second-order valence-electron chi connectivity index (χ2n) is 12.6. The first kappa shape index (κ1) is 34.4. The molecule has 2 aromatic heterocycles. The fourth-order valence-electron chi connectivity index (χ4n) is 6.77. The van der Waals surface area contributed by atoms with Crippen LogP contribution in [0.25, 0.3) is 33.1 Å². The fraction of sp³-hybridized carbons (Fsp3) is 0.171. The summed E-state index contributed by atoms with van der Waals surface area (Å²) < 4.78 is 28.2. The molecule has 0 amide bonds. The number of nitrogens with zero attached hydrogens (tertiary/aromatic N) is 2. The molecular formula is C41H38Cl2F2N4. The minimum absolute atomic E-state index is 0.0389. The maximum atomic E-state index is 14.9. The summed E-state index contributed by atoms with van der Waals surface area (Å²) in [5.74, 6) is -0.619. The van der Waals surface area contributed by atoms with Gasteiger partial charge in [-0.3, -0.25) is 9.80 Å². The standard InChI is InChI=1S/C23H20ClFN2.C18H18ClFN2/c1-27(2)23(21-17(24)12-8-13-18(21)25)20-16-11-6-7-14-19(16)26-22(20)15-9-4-3-5-10-15;1-11-5-4-6-16-17(11)14(10-21-16)18(22(2)3)13-8-7-12(20)9-15(13)19/h3-14,23,26H,1-2H3;4-10,18,21H,1-3H3. The van der Waals surface area contributed by atoms with Gasteiger partial charge in [0.1, 0.15) is 11.6 Å². The summed E-state index contributed by atoms with van der Waals surface area (Å²) in [7, 11) is 7.90. The van der Waals surface area contributed by atoms with Crippen LogP contribution in [0.2, 0.25) is 10.0 Å². The number of aryl methyl sites for hydroxylation is 1. The molecule has 0 saturated heterocycles. The number of hydrogen-bond acceptors (Lipinski definition) is 2. The SMILES string of the molecule is CN(C)C(c1c(F)cccc1Cl)c1c(-c2ccccc2)[nH]c2ccccc12.Cc1cccc2[nH]cc(C(c3ccc(F)cc3Cl)N(C)C)c12. The topological polar surface area (TPSA) is 38.1 Å².